The molecule has 0 rings (SSSR count). The monoisotopic (exact) mass is 256 g/mol. The summed E-state index contributed by atoms with van der Waals surface area (Å²) in [7, 11) is 3.37. The number of rotatable bonds is 9. The molecule has 0 saturated carbocycles. The molecule has 0 amide bonds. The average molecular weight is 256 g/mol. The van der Waals surface area contributed by atoms with Crippen LogP contribution in [-0.4, -0.2) is 39.1 Å². The van der Waals surface area contributed by atoms with E-state index in [4.69, 9.17) is 11.5 Å². The van der Waals surface area contributed by atoms with E-state index < -0.39 is 0 Å². The fraction of sp³-hybridized carbons (Fsp3) is 0.833. The molecule has 0 saturated heterocycles. The van der Waals surface area contributed by atoms with Gasteiger partial charge < -0.3 is 22.1 Å². The zero-order valence-electron chi connectivity index (χ0n) is 11.7. The molecule has 0 aromatic rings. The number of guanidine groups is 2. The van der Waals surface area contributed by atoms with E-state index in [0.29, 0.717) is 11.9 Å². The van der Waals surface area contributed by atoms with Gasteiger partial charge in [-0.05, 0) is 12.8 Å². The summed E-state index contributed by atoms with van der Waals surface area (Å²) in [5.41, 5.74) is 11.0. The summed E-state index contributed by atoms with van der Waals surface area (Å²) >= 11 is 0. The summed E-state index contributed by atoms with van der Waals surface area (Å²) < 4.78 is 0. The maximum absolute atomic E-state index is 5.52. The van der Waals surface area contributed by atoms with Crippen molar-refractivity contribution in [3.8, 4) is 0 Å². The lowest BCUT2D eigenvalue weighted by Crippen LogP contribution is -2.32. The molecule has 6 heteroatoms. The molecule has 0 spiro atoms. The Hall–Kier alpha value is -1.46. The normalized spacial score (nSPS) is 12.6. The summed E-state index contributed by atoms with van der Waals surface area (Å²) in [5, 5.41) is 6.11. The van der Waals surface area contributed by atoms with E-state index in [1.165, 1.54) is 25.7 Å². The topological polar surface area (TPSA) is 101 Å². The van der Waals surface area contributed by atoms with Crippen LogP contribution in [0.15, 0.2) is 9.98 Å². The average Bonchev–Trinajstić information content (AvgIpc) is 2.40. The third-order valence-electron chi connectivity index (χ3n) is 2.70. The molecule has 0 unspecified atom stereocenters. The van der Waals surface area contributed by atoms with Gasteiger partial charge in [-0.25, -0.2) is 0 Å². The van der Waals surface area contributed by atoms with Crippen LogP contribution >= 0.6 is 0 Å². The molecule has 6 nitrogen and oxygen atoms in total. The summed E-state index contributed by atoms with van der Waals surface area (Å²) in [5.74, 6) is 1.05. The minimum absolute atomic E-state index is 0.524. The lowest BCUT2D eigenvalue weighted by Gasteiger charge is -2.05. The van der Waals surface area contributed by atoms with Gasteiger partial charge in [0.1, 0.15) is 0 Å². The van der Waals surface area contributed by atoms with E-state index >= 15 is 0 Å². The van der Waals surface area contributed by atoms with Crippen molar-refractivity contribution in [2.24, 2.45) is 21.5 Å². The highest BCUT2D eigenvalue weighted by Gasteiger charge is 1.93. The van der Waals surface area contributed by atoms with Crippen LogP contribution in [0.1, 0.15) is 38.5 Å². The Bertz CT molecular complexity index is 223. The van der Waals surface area contributed by atoms with Gasteiger partial charge in [0.05, 0.1) is 0 Å². The Balaban J connectivity index is 3.12. The van der Waals surface area contributed by atoms with Gasteiger partial charge in [0.15, 0.2) is 11.9 Å². The highest BCUT2D eigenvalue weighted by atomic mass is 15.1. The fourth-order valence-corrected chi connectivity index (χ4v) is 1.55. The van der Waals surface area contributed by atoms with E-state index in [0.717, 1.165) is 25.9 Å². The van der Waals surface area contributed by atoms with E-state index in [1.807, 2.05) is 0 Å². The lowest BCUT2D eigenvalue weighted by molar-refractivity contribution is 0.585. The Labute approximate surface area is 110 Å². The highest BCUT2D eigenvalue weighted by molar-refractivity contribution is 5.77. The Morgan fingerprint density at radius 3 is 1.39 bits per heavy atom. The second kappa shape index (κ2) is 12.0. The highest BCUT2D eigenvalue weighted by Crippen LogP contribution is 2.04. The van der Waals surface area contributed by atoms with Crippen molar-refractivity contribution < 1.29 is 0 Å². The number of aliphatic imine (C=N–C) groups is 2. The molecule has 106 valence electrons. The number of nitrogens with zero attached hydrogens (tertiary/aromatic N) is 2. The number of nitrogens with two attached hydrogens (primary N) is 2. The van der Waals surface area contributed by atoms with E-state index in [2.05, 4.69) is 20.6 Å². The zero-order valence-corrected chi connectivity index (χ0v) is 11.7. The molecule has 0 heterocycles. The molecular formula is C12H28N6. The molecule has 0 aromatic carbocycles. The van der Waals surface area contributed by atoms with Gasteiger partial charge in [-0.15, -0.1) is 0 Å². The van der Waals surface area contributed by atoms with E-state index in [-0.39, 0.29) is 0 Å². The van der Waals surface area contributed by atoms with Crippen LogP contribution < -0.4 is 22.1 Å². The summed E-state index contributed by atoms with van der Waals surface area (Å²) in [6, 6.07) is 0. The first-order valence-corrected chi connectivity index (χ1v) is 6.63. The molecular weight excluding hydrogens is 228 g/mol. The van der Waals surface area contributed by atoms with Crippen molar-refractivity contribution in [1.29, 1.82) is 0 Å². The van der Waals surface area contributed by atoms with Crippen molar-refractivity contribution in [3.63, 3.8) is 0 Å². The van der Waals surface area contributed by atoms with Gasteiger partial charge in [-0.2, -0.15) is 0 Å². The van der Waals surface area contributed by atoms with Crippen LogP contribution in [0.5, 0.6) is 0 Å². The Morgan fingerprint density at radius 2 is 1.06 bits per heavy atom. The van der Waals surface area contributed by atoms with Crippen molar-refractivity contribution in [3.05, 3.63) is 0 Å². The minimum Gasteiger partial charge on any atom is -0.370 e. The fourth-order valence-electron chi connectivity index (χ4n) is 1.55. The summed E-state index contributed by atoms with van der Waals surface area (Å²) in [4.78, 5) is 7.67. The molecule has 0 aliphatic carbocycles. The first-order chi connectivity index (χ1) is 8.70. The molecule has 0 aliphatic heterocycles. The first kappa shape index (κ1) is 16.5. The Kier molecular flexibility index (Phi) is 11.0. The van der Waals surface area contributed by atoms with E-state index in [9.17, 15) is 0 Å². The van der Waals surface area contributed by atoms with Gasteiger partial charge in [-0.3, -0.25) is 9.98 Å². The minimum atomic E-state index is 0.524. The van der Waals surface area contributed by atoms with Crippen LogP contribution in [0.4, 0.5) is 0 Å². The van der Waals surface area contributed by atoms with Gasteiger partial charge in [0, 0.05) is 27.2 Å². The molecule has 0 atom stereocenters. The van der Waals surface area contributed by atoms with Gasteiger partial charge in [0.2, 0.25) is 0 Å². The van der Waals surface area contributed by atoms with Gasteiger partial charge in [0.25, 0.3) is 0 Å². The third kappa shape index (κ3) is 11.0. The van der Waals surface area contributed by atoms with Crippen LogP contribution in [0, 0.1) is 0 Å². The second-order valence-corrected chi connectivity index (χ2v) is 4.19. The molecule has 0 aromatic heterocycles. The van der Waals surface area contributed by atoms with Crippen molar-refractivity contribution in [1.82, 2.24) is 10.6 Å². The zero-order chi connectivity index (χ0) is 13.6. The second-order valence-electron chi connectivity index (χ2n) is 4.19. The van der Waals surface area contributed by atoms with Gasteiger partial charge in [-0.1, -0.05) is 25.7 Å². The number of unbranched alkanes of at least 4 members (excludes halogenated alkanes) is 5. The molecule has 6 N–H and O–H groups in total. The number of hydrogen-bond acceptors (Lipinski definition) is 2. The van der Waals surface area contributed by atoms with Crippen molar-refractivity contribution >= 4 is 11.9 Å². The predicted octanol–water partition coefficient (Wildman–Crippen LogP) is 0.395. The molecule has 0 fully saturated rings. The van der Waals surface area contributed by atoms with Crippen molar-refractivity contribution in [2.75, 3.05) is 27.2 Å². The van der Waals surface area contributed by atoms with Crippen LogP contribution in [0.2, 0.25) is 0 Å². The maximum atomic E-state index is 5.52. The lowest BCUT2D eigenvalue weighted by atomic mass is 10.1. The summed E-state index contributed by atoms with van der Waals surface area (Å²) in [6.45, 7) is 1.82. The van der Waals surface area contributed by atoms with Crippen LogP contribution in [0.25, 0.3) is 0 Å². The number of nitrogens with one attached hydrogen (secondary N) is 2. The predicted molar refractivity (Wildman–Crippen MR) is 78.8 cm³/mol. The third-order valence-corrected chi connectivity index (χ3v) is 2.70. The quantitative estimate of drug-likeness (QED) is 0.272. The summed E-state index contributed by atoms with van der Waals surface area (Å²) in [6.07, 6.45) is 7.28. The molecule has 0 aliphatic rings. The molecule has 0 bridgehead atoms. The maximum Gasteiger partial charge on any atom is 0.188 e. The first-order valence-electron chi connectivity index (χ1n) is 6.63. The van der Waals surface area contributed by atoms with Crippen LogP contribution in [0.3, 0.4) is 0 Å². The van der Waals surface area contributed by atoms with E-state index in [1.54, 1.807) is 14.1 Å². The largest absolute Gasteiger partial charge is 0.370 e. The molecule has 0 radical (unpaired) electrons. The smallest absolute Gasteiger partial charge is 0.188 e. The van der Waals surface area contributed by atoms with Crippen LogP contribution in [-0.2, 0) is 0 Å². The van der Waals surface area contributed by atoms with Gasteiger partial charge >= 0.3 is 0 Å². The molecule has 18 heavy (non-hydrogen) atoms. The standard InChI is InChI=1S/C12H28N6/c1-15-11(13)17-9-7-5-3-4-6-8-10-18-12(14)16-2/h3-10H2,1-2H3,(H3,13,15,17)(H3,14,16,18). The van der Waals surface area contributed by atoms with Crippen molar-refractivity contribution in [2.45, 2.75) is 38.5 Å². The Morgan fingerprint density at radius 1 is 0.722 bits per heavy atom. The number of hydrogen-bond donors (Lipinski definition) is 4. The SMILES string of the molecule is CN=C(N)NCCCCCCCCNC(N)=NC.